The number of nitrogens with two attached hydrogens (primary N) is 1. The topological polar surface area (TPSA) is 88.2 Å². The summed E-state index contributed by atoms with van der Waals surface area (Å²) in [6.45, 7) is 2.89. The zero-order valence-electron chi connectivity index (χ0n) is 12.2. The Bertz CT molecular complexity index is 509. The fourth-order valence-electron chi connectivity index (χ4n) is 2.15. The molecule has 21 heavy (non-hydrogen) atoms. The van der Waals surface area contributed by atoms with E-state index in [1.807, 2.05) is 4.90 Å². The lowest BCUT2D eigenvalue weighted by Gasteiger charge is -2.21. The van der Waals surface area contributed by atoms with E-state index >= 15 is 0 Å². The first-order chi connectivity index (χ1) is 10.2. The SMILES string of the molecule is CCCN(C(=O)COc1ccc(/C(N)=N/O)cc1)C1CC1. The monoisotopic (exact) mass is 291 g/mol. The van der Waals surface area contributed by atoms with Gasteiger partial charge in [0.05, 0.1) is 0 Å². The van der Waals surface area contributed by atoms with Crippen LogP contribution in [0.1, 0.15) is 31.7 Å². The van der Waals surface area contributed by atoms with Crippen molar-refractivity contribution < 1.29 is 14.7 Å². The third-order valence-corrected chi connectivity index (χ3v) is 3.39. The van der Waals surface area contributed by atoms with E-state index in [0.717, 1.165) is 25.8 Å². The van der Waals surface area contributed by atoms with Crippen LogP contribution in [0.2, 0.25) is 0 Å². The molecule has 0 saturated heterocycles. The zero-order valence-corrected chi connectivity index (χ0v) is 12.2. The number of oxime groups is 1. The van der Waals surface area contributed by atoms with Gasteiger partial charge in [-0.2, -0.15) is 0 Å². The van der Waals surface area contributed by atoms with Crippen LogP contribution in [0.25, 0.3) is 0 Å². The Balaban J connectivity index is 1.88. The number of hydrogen-bond donors (Lipinski definition) is 2. The van der Waals surface area contributed by atoms with E-state index in [9.17, 15) is 4.79 Å². The zero-order chi connectivity index (χ0) is 15.2. The Kier molecular flexibility index (Phi) is 5.03. The smallest absolute Gasteiger partial charge is 0.260 e. The number of carbonyl (C=O) groups excluding carboxylic acids is 1. The first kappa shape index (κ1) is 15.2. The minimum Gasteiger partial charge on any atom is -0.484 e. The lowest BCUT2D eigenvalue weighted by Crippen LogP contribution is -2.37. The van der Waals surface area contributed by atoms with Crippen LogP contribution >= 0.6 is 0 Å². The standard InChI is InChI=1S/C15H21N3O3/c1-2-9-18(12-5-6-12)14(19)10-21-13-7-3-11(4-8-13)15(16)17-20/h3-4,7-8,12,20H,2,5-6,9-10H2,1H3,(H2,16,17). The lowest BCUT2D eigenvalue weighted by atomic mass is 10.2. The Morgan fingerprint density at radius 2 is 2.10 bits per heavy atom. The number of nitrogens with zero attached hydrogens (tertiary/aromatic N) is 2. The quantitative estimate of drug-likeness (QED) is 0.345. The molecule has 0 heterocycles. The highest BCUT2D eigenvalue weighted by atomic mass is 16.5. The molecule has 0 spiro atoms. The van der Waals surface area contributed by atoms with Crippen molar-refractivity contribution in [3.05, 3.63) is 29.8 Å². The van der Waals surface area contributed by atoms with Gasteiger partial charge >= 0.3 is 0 Å². The fourth-order valence-corrected chi connectivity index (χ4v) is 2.15. The van der Waals surface area contributed by atoms with Gasteiger partial charge in [0.15, 0.2) is 12.4 Å². The summed E-state index contributed by atoms with van der Waals surface area (Å²) >= 11 is 0. The van der Waals surface area contributed by atoms with Crippen LogP contribution in [0.5, 0.6) is 5.75 Å². The highest BCUT2D eigenvalue weighted by Crippen LogP contribution is 2.27. The molecule has 1 aromatic carbocycles. The summed E-state index contributed by atoms with van der Waals surface area (Å²) in [4.78, 5) is 14.0. The van der Waals surface area contributed by atoms with Crippen LogP contribution in [0.3, 0.4) is 0 Å². The minimum atomic E-state index is 0.0276. The molecule has 6 heteroatoms. The average Bonchev–Trinajstić information content (AvgIpc) is 3.34. The molecular formula is C15H21N3O3. The maximum Gasteiger partial charge on any atom is 0.260 e. The predicted molar refractivity (Wildman–Crippen MR) is 79.5 cm³/mol. The number of rotatable bonds is 7. The molecule has 1 saturated carbocycles. The third kappa shape index (κ3) is 4.11. The predicted octanol–water partition coefficient (Wildman–Crippen LogP) is 1.56. The first-order valence-electron chi connectivity index (χ1n) is 7.16. The van der Waals surface area contributed by atoms with Crippen LogP contribution in [0, 0.1) is 0 Å². The van der Waals surface area contributed by atoms with Gasteiger partial charge in [-0.1, -0.05) is 12.1 Å². The number of hydrogen-bond acceptors (Lipinski definition) is 4. The second-order valence-corrected chi connectivity index (χ2v) is 5.12. The molecule has 0 radical (unpaired) electrons. The molecule has 1 amide bonds. The molecule has 0 bridgehead atoms. The van der Waals surface area contributed by atoms with Crippen molar-refractivity contribution in [1.29, 1.82) is 0 Å². The Morgan fingerprint density at radius 3 is 2.62 bits per heavy atom. The minimum absolute atomic E-state index is 0.0276. The summed E-state index contributed by atoms with van der Waals surface area (Å²) in [6.07, 6.45) is 3.15. The Labute approximate surface area is 124 Å². The van der Waals surface area contributed by atoms with E-state index in [1.165, 1.54) is 0 Å². The molecule has 1 aliphatic carbocycles. The molecule has 0 unspecified atom stereocenters. The number of amides is 1. The molecule has 0 atom stereocenters. The van der Waals surface area contributed by atoms with E-state index in [-0.39, 0.29) is 18.3 Å². The van der Waals surface area contributed by atoms with Gasteiger partial charge in [0, 0.05) is 18.2 Å². The van der Waals surface area contributed by atoms with Gasteiger partial charge in [-0.15, -0.1) is 0 Å². The van der Waals surface area contributed by atoms with Gasteiger partial charge in [0.1, 0.15) is 5.75 Å². The van der Waals surface area contributed by atoms with Crippen molar-refractivity contribution in [2.24, 2.45) is 10.9 Å². The largest absolute Gasteiger partial charge is 0.484 e. The van der Waals surface area contributed by atoms with Gasteiger partial charge in [0.2, 0.25) is 0 Å². The first-order valence-corrected chi connectivity index (χ1v) is 7.16. The molecule has 1 fully saturated rings. The Hall–Kier alpha value is -2.24. The fraction of sp³-hybridized carbons (Fsp3) is 0.467. The van der Waals surface area contributed by atoms with E-state index in [1.54, 1.807) is 24.3 Å². The van der Waals surface area contributed by atoms with Gasteiger partial charge in [-0.05, 0) is 43.5 Å². The highest BCUT2D eigenvalue weighted by Gasteiger charge is 2.31. The van der Waals surface area contributed by atoms with Crippen LogP contribution in [0.15, 0.2) is 29.4 Å². The summed E-state index contributed by atoms with van der Waals surface area (Å²) in [5, 5.41) is 11.5. The number of benzene rings is 1. The Morgan fingerprint density at radius 1 is 1.43 bits per heavy atom. The molecule has 114 valence electrons. The van der Waals surface area contributed by atoms with Crippen molar-refractivity contribution >= 4 is 11.7 Å². The molecule has 0 aliphatic heterocycles. The molecule has 6 nitrogen and oxygen atoms in total. The molecular weight excluding hydrogens is 270 g/mol. The highest BCUT2D eigenvalue weighted by molar-refractivity contribution is 5.97. The van der Waals surface area contributed by atoms with Crippen molar-refractivity contribution in [1.82, 2.24) is 4.90 Å². The van der Waals surface area contributed by atoms with Crippen LogP contribution in [-0.2, 0) is 4.79 Å². The third-order valence-electron chi connectivity index (χ3n) is 3.39. The molecule has 1 aliphatic rings. The number of amidine groups is 1. The average molecular weight is 291 g/mol. The van der Waals surface area contributed by atoms with Crippen molar-refractivity contribution in [3.63, 3.8) is 0 Å². The van der Waals surface area contributed by atoms with Gasteiger partial charge in [-0.3, -0.25) is 4.79 Å². The summed E-state index contributed by atoms with van der Waals surface area (Å²) < 4.78 is 5.51. The maximum atomic E-state index is 12.1. The van der Waals surface area contributed by atoms with Crippen LogP contribution in [0.4, 0.5) is 0 Å². The summed E-state index contributed by atoms with van der Waals surface area (Å²) in [7, 11) is 0. The van der Waals surface area contributed by atoms with Crippen molar-refractivity contribution in [2.75, 3.05) is 13.2 Å². The van der Waals surface area contributed by atoms with Gasteiger partial charge in [0.25, 0.3) is 5.91 Å². The lowest BCUT2D eigenvalue weighted by molar-refractivity contribution is -0.134. The molecule has 3 N–H and O–H groups in total. The molecule has 2 rings (SSSR count). The second-order valence-electron chi connectivity index (χ2n) is 5.12. The van der Waals surface area contributed by atoms with E-state index in [0.29, 0.717) is 17.4 Å². The van der Waals surface area contributed by atoms with E-state index < -0.39 is 0 Å². The number of carbonyl (C=O) groups is 1. The van der Waals surface area contributed by atoms with Crippen molar-refractivity contribution in [3.8, 4) is 5.75 Å². The summed E-state index contributed by atoms with van der Waals surface area (Å²) in [5.74, 6) is 0.658. The van der Waals surface area contributed by atoms with Gasteiger partial charge in [-0.25, -0.2) is 0 Å². The summed E-state index contributed by atoms with van der Waals surface area (Å²) in [5.41, 5.74) is 6.08. The molecule has 1 aromatic rings. The normalized spacial score (nSPS) is 14.8. The van der Waals surface area contributed by atoms with E-state index in [2.05, 4.69) is 12.1 Å². The molecule has 0 aromatic heterocycles. The van der Waals surface area contributed by atoms with Crippen LogP contribution in [-0.4, -0.2) is 41.0 Å². The maximum absolute atomic E-state index is 12.1. The van der Waals surface area contributed by atoms with Crippen molar-refractivity contribution in [2.45, 2.75) is 32.2 Å². The summed E-state index contributed by atoms with van der Waals surface area (Å²) in [6, 6.07) is 7.16. The van der Waals surface area contributed by atoms with Gasteiger partial charge < -0.3 is 20.6 Å². The number of ether oxygens (including phenoxy) is 1. The van der Waals surface area contributed by atoms with E-state index in [4.69, 9.17) is 15.7 Å². The second kappa shape index (κ2) is 6.97. The van der Waals surface area contributed by atoms with Crippen LogP contribution < -0.4 is 10.5 Å².